The fraction of sp³-hybridized carbons (Fsp3) is 0. The molecule has 20 heavy (non-hydrogen) atoms. The Morgan fingerprint density at radius 3 is 1.60 bits per heavy atom. The average molecular weight is 280 g/mol. The molecule has 3 aromatic rings. The molecule has 0 aromatic heterocycles. The lowest BCUT2D eigenvalue weighted by atomic mass is 9.94. The Morgan fingerprint density at radius 1 is 0.550 bits per heavy atom. The van der Waals surface area contributed by atoms with Gasteiger partial charge in [-0.3, -0.25) is 0 Å². The van der Waals surface area contributed by atoms with Gasteiger partial charge in [0.1, 0.15) is 5.75 Å². The highest BCUT2D eigenvalue weighted by Crippen LogP contribution is 2.34. The van der Waals surface area contributed by atoms with E-state index < -0.39 is 0 Å². The van der Waals surface area contributed by atoms with E-state index in [0.717, 1.165) is 22.3 Å². The summed E-state index contributed by atoms with van der Waals surface area (Å²) in [5, 5.41) is 9.75. The van der Waals surface area contributed by atoms with Crippen LogP contribution < -0.4 is 0 Å². The van der Waals surface area contributed by atoms with Crippen molar-refractivity contribution < 1.29 is 5.11 Å². The largest absolute Gasteiger partial charge is 0.508 e. The summed E-state index contributed by atoms with van der Waals surface area (Å²) in [6.45, 7) is 0. The van der Waals surface area contributed by atoms with Crippen molar-refractivity contribution in [2.45, 2.75) is 0 Å². The zero-order chi connectivity index (χ0) is 13.1. The van der Waals surface area contributed by atoms with Crippen LogP contribution >= 0.6 is 13.5 Å². The maximum atomic E-state index is 9.75. The molecular formula is C18H16OS. The van der Waals surface area contributed by atoms with Gasteiger partial charge in [-0.25, -0.2) is 0 Å². The van der Waals surface area contributed by atoms with Crippen molar-refractivity contribution in [3.8, 4) is 28.0 Å². The van der Waals surface area contributed by atoms with Crippen molar-refractivity contribution >= 4 is 13.5 Å². The Kier molecular flexibility index (Phi) is 4.49. The zero-order valence-electron chi connectivity index (χ0n) is 11.0. The number of phenols is 1. The molecule has 2 heteroatoms. The van der Waals surface area contributed by atoms with E-state index in [-0.39, 0.29) is 13.5 Å². The molecule has 0 fully saturated rings. The minimum absolute atomic E-state index is 0. The third-order valence-electron chi connectivity index (χ3n) is 3.17. The number of phenolic OH excluding ortho intramolecular Hbond substituents is 1. The first-order valence-corrected chi connectivity index (χ1v) is 6.28. The molecule has 0 heterocycles. The van der Waals surface area contributed by atoms with Gasteiger partial charge in [0.05, 0.1) is 0 Å². The Balaban J connectivity index is 0.00000147. The summed E-state index contributed by atoms with van der Waals surface area (Å²) >= 11 is 0. The first-order valence-electron chi connectivity index (χ1n) is 6.28. The molecule has 0 aliphatic rings. The lowest BCUT2D eigenvalue weighted by molar-refractivity contribution is 0.475. The van der Waals surface area contributed by atoms with Crippen LogP contribution in [-0.4, -0.2) is 5.11 Å². The molecule has 0 saturated heterocycles. The highest BCUT2D eigenvalue weighted by molar-refractivity contribution is 7.59. The lowest BCUT2D eigenvalue weighted by Crippen LogP contribution is -1.84. The summed E-state index contributed by atoms with van der Waals surface area (Å²) in [7, 11) is 0. The second kappa shape index (κ2) is 6.31. The molecule has 0 bridgehead atoms. The standard InChI is InChI=1S/C18H14O.H2S/c19-16-11-12-17(14-7-3-1-4-8-14)18(13-16)15-9-5-2-6-10-15;/h1-13,19H;1H2. The average Bonchev–Trinajstić information content (AvgIpc) is 2.49. The molecule has 0 aliphatic heterocycles. The molecule has 0 saturated carbocycles. The van der Waals surface area contributed by atoms with Gasteiger partial charge in [0, 0.05) is 0 Å². The van der Waals surface area contributed by atoms with Crippen LogP contribution in [0.5, 0.6) is 5.75 Å². The Hall–Kier alpha value is -2.19. The second-order valence-corrected chi connectivity index (χ2v) is 4.46. The quantitative estimate of drug-likeness (QED) is 0.712. The fourth-order valence-electron chi connectivity index (χ4n) is 2.26. The summed E-state index contributed by atoms with van der Waals surface area (Å²) in [4.78, 5) is 0. The minimum Gasteiger partial charge on any atom is -0.508 e. The first kappa shape index (κ1) is 14.2. The van der Waals surface area contributed by atoms with Gasteiger partial charge in [-0.05, 0) is 34.4 Å². The van der Waals surface area contributed by atoms with Gasteiger partial charge in [0.2, 0.25) is 0 Å². The summed E-state index contributed by atoms with van der Waals surface area (Å²) in [6, 6.07) is 25.9. The van der Waals surface area contributed by atoms with E-state index in [1.54, 1.807) is 6.07 Å². The van der Waals surface area contributed by atoms with E-state index in [1.165, 1.54) is 0 Å². The van der Waals surface area contributed by atoms with E-state index >= 15 is 0 Å². The third kappa shape index (κ3) is 2.86. The molecule has 0 amide bonds. The molecule has 3 rings (SSSR count). The van der Waals surface area contributed by atoms with Crippen molar-refractivity contribution in [1.82, 2.24) is 0 Å². The SMILES string of the molecule is Oc1ccc(-c2ccccc2)c(-c2ccccc2)c1.S. The van der Waals surface area contributed by atoms with Crippen molar-refractivity contribution in [2.24, 2.45) is 0 Å². The number of aromatic hydroxyl groups is 1. The van der Waals surface area contributed by atoms with Crippen molar-refractivity contribution in [3.63, 3.8) is 0 Å². The summed E-state index contributed by atoms with van der Waals surface area (Å²) in [6.07, 6.45) is 0. The van der Waals surface area contributed by atoms with Gasteiger partial charge in [0.15, 0.2) is 0 Å². The van der Waals surface area contributed by atoms with Crippen LogP contribution in [0.1, 0.15) is 0 Å². The predicted octanol–water partition coefficient (Wildman–Crippen LogP) is 4.84. The van der Waals surface area contributed by atoms with E-state index in [0.29, 0.717) is 5.75 Å². The van der Waals surface area contributed by atoms with Crippen LogP contribution in [0.15, 0.2) is 78.9 Å². The number of rotatable bonds is 2. The van der Waals surface area contributed by atoms with Crippen LogP contribution in [0.4, 0.5) is 0 Å². The molecule has 0 aliphatic carbocycles. The minimum atomic E-state index is 0. The van der Waals surface area contributed by atoms with Crippen molar-refractivity contribution in [3.05, 3.63) is 78.9 Å². The second-order valence-electron chi connectivity index (χ2n) is 4.46. The highest BCUT2D eigenvalue weighted by atomic mass is 32.1. The maximum Gasteiger partial charge on any atom is 0.116 e. The van der Waals surface area contributed by atoms with Crippen LogP contribution in [0, 0.1) is 0 Å². The molecule has 0 atom stereocenters. The highest BCUT2D eigenvalue weighted by Gasteiger charge is 2.07. The fourth-order valence-corrected chi connectivity index (χ4v) is 2.26. The molecular weight excluding hydrogens is 264 g/mol. The van der Waals surface area contributed by atoms with Crippen LogP contribution in [0.3, 0.4) is 0 Å². The smallest absolute Gasteiger partial charge is 0.116 e. The molecule has 1 N–H and O–H groups in total. The van der Waals surface area contributed by atoms with Gasteiger partial charge in [-0.15, -0.1) is 0 Å². The molecule has 100 valence electrons. The normalized spacial score (nSPS) is 9.80. The predicted molar refractivity (Wildman–Crippen MR) is 89.4 cm³/mol. The van der Waals surface area contributed by atoms with Crippen LogP contribution in [0.2, 0.25) is 0 Å². The maximum absolute atomic E-state index is 9.75. The Bertz CT molecular complexity index is 678. The molecule has 3 aromatic carbocycles. The number of hydrogen-bond acceptors (Lipinski definition) is 1. The van der Waals surface area contributed by atoms with Gasteiger partial charge in [-0.2, -0.15) is 13.5 Å². The summed E-state index contributed by atoms with van der Waals surface area (Å²) < 4.78 is 0. The van der Waals surface area contributed by atoms with E-state index in [4.69, 9.17) is 0 Å². The van der Waals surface area contributed by atoms with Crippen LogP contribution in [0.25, 0.3) is 22.3 Å². The monoisotopic (exact) mass is 280 g/mol. The molecule has 0 radical (unpaired) electrons. The zero-order valence-corrected chi connectivity index (χ0v) is 12.0. The van der Waals surface area contributed by atoms with Crippen molar-refractivity contribution in [1.29, 1.82) is 0 Å². The first-order chi connectivity index (χ1) is 9.34. The van der Waals surface area contributed by atoms with Gasteiger partial charge < -0.3 is 5.11 Å². The molecule has 1 nitrogen and oxygen atoms in total. The van der Waals surface area contributed by atoms with Gasteiger partial charge in [0.25, 0.3) is 0 Å². The topological polar surface area (TPSA) is 20.2 Å². The molecule has 0 spiro atoms. The van der Waals surface area contributed by atoms with E-state index in [9.17, 15) is 5.11 Å². The Morgan fingerprint density at radius 2 is 1.05 bits per heavy atom. The van der Waals surface area contributed by atoms with Crippen molar-refractivity contribution in [2.75, 3.05) is 0 Å². The van der Waals surface area contributed by atoms with E-state index in [2.05, 4.69) is 24.3 Å². The number of benzene rings is 3. The third-order valence-corrected chi connectivity index (χ3v) is 3.17. The van der Waals surface area contributed by atoms with Gasteiger partial charge in [-0.1, -0.05) is 66.7 Å². The Labute approximate surface area is 126 Å². The van der Waals surface area contributed by atoms with Gasteiger partial charge >= 0.3 is 0 Å². The van der Waals surface area contributed by atoms with Crippen LogP contribution in [-0.2, 0) is 0 Å². The summed E-state index contributed by atoms with van der Waals surface area (Å²) in [5.74, 6) is 0.290. The lowest BCUT2D eigenvalue weighted by Gasteiger charge is -2.10. The summed E-state index contributed by atoms with van der Waals surface area (Å²) in [5.41, 5.74) is 4.44. The van der Waals surface area contributed by atoms with E-state index in [1.807, 2.05) is 48.5 Å². The number of hydrogen-bond donors (Lipinski definition) is 1. The molecule has 0 unspecified atom stereocenters.